The van der Waals surface area contributed by atoms with Crippen LogP contribution in [0, 0.1) is 11.3 Å². The molecule has 0 aromatic carbocycles. The van der Waals surface area contributed by atoms with Crippen molar-refractivity contribution in [2.75, 3.05) is 19.6 Å². The highest BCUT2D eigenvalue weighted by atomic mass is 15.2. The first-order valence-electron chi connectivity index (χ1n) is 7.39. The highest BCUT2D eigenvalue weighted by Gasteiger charge is 2.25. The molecular weight excluding hydrogens is 208 g/mol. The fourth-order valence-electron chi connectivity index (χ4n) is 2.71. The highest BCUT2D eigenvalue weighted by molar-refractivity contribution is 4.80. The fourth-order valence-corrected chi connectivity index (χ4v) is 2.71. The summed E-state index contributed by atoms with van der Waals surface area (Å²) in [5.74, 6) is 0.775. The molecule has 0 bridgehead atoms. The molecule has 0 radical (unpaired) electrons. The zero-order chi connectivity index (χ0) is 12.9. The highest BCUT2D eigenvalue weighted by Crippen LogP contribution is 2.26. The Balaban J connectivity index is 2.45. The molecule has 0 aromatic rings. The molecular formula is C15H32N2. The number of nitrogens with zero attached hydrogens (tertiary/aromatic N) is 1. The van der Waals surface area contributed by atoms with Gasteiger partial charge in [0.15, 0.2) is 0 Å². The van der Waals surface area contributed by atoms with Crippen LogP contribution < -0.4 is 5.73 Å². The summed E-state index contributed by atoms with van der Waals surface area (Å²) in [5.41, 5.74) is 6.13. The smallest absolute Gasteiger partial charge is 0.00953 e. The summed E-state index contributed by atoms with van der Waals surface area (Å²) < 4.78 is 0. The topological polar surface area (TPSA) is 29.3 Å². The minimum Gasteiger partial charge on any atom is -0.330 e. The van der Waals surface area contributed by atoms with Crippen LogP contribution in [0.2, 0.25) is 0 Å². The first-order valence-corrected chi connectivity index (χ1v) is 7.39. The molecule has 1 rings (SSSR count). The summed E-state index contributed by atoms with van der Waals surface area (Å²) in [7, 11) is 0. The van der Waals surface area contributed by atoms with E-state index in [0.717, 1.165) is 18.5 Å². The Labute approximate surface area is 108 Å². The normalized spacial score (nSPS) is 18.5. The van der Waals surface area contributed by atoms with Crippen molar-refractivity contribution in [3.05, 3.63) is 0 Å². The van der Waals surface area contributed by atoms with E-state index in [0.29, 0.717) is 5.41 Å². The van der Waals surface area contributed by atoms with Crippen LogP contribution >= 0.6 is 0 Å². The molecule has 1 saturated carbocycles. The van der Waals surface area contributed by atoms with Gasteiger partial charge in [0.05, 0.1) is 0 Å². The van der Waals surface area contributed by atoms with E-state index in [-0.39, 0.29) is 0 Å². The van der Waals surface area contributed by atoms with Crippen LogP contribution in [-0.4, -0.2) is 30.6 Å². The molecule has 0 unspecified atom stereocenters. The molecule has 1 aliphatic carbocycles. The van der Waals surface area contributed by atoms with Crippen molar-refractivity contribution in [1.82, 2.24) is 4.90 Å². The zero-order valence-electron chi connectivity index (χ0n) is 12.3. The van der Waals surface area contributed by atoms with Gasteiger partial charge >= 0.3 is 0 Å². The maximum atomic E-state index is 5.83. The molecule has 0 aliphatic heterocycles. The predicted molar refractivity (Wildman–Crippen MR) is 76.1 cm³/mol. The molecule has 1 aliphatic rings. The second-order valence-corrected chi connectivity index (χ2v) is 6.95. The molecule has 0 atom stereocenters. The maximum absolute atomic E-state index is 5.83. The van der Waals surface area contributed by atoms with Gasteiger partial charge in [0.25, 0.3) is 0 Å². The van der Waals surface area contributed by atoms with Crippen LogP contribution in [0.15, 0.2) is 0 Å². The van der Waals surface area contributed by atoms with Gasteiger partial charge in [0.1, 0.15) is 0 Å². The monoisotopic (exact) mass is 240 g/mol. The predicted octanol–water partition coefficient (Wildman–Crippen LogP) is 3.26. The number of rotatable bonds is 7. The minimum absolute atomic E-state index is 0.299. The van der Waals surface area contributed by atoms with Crippen LogP contribution in [-0.2, 0) is 0 Å². The molecule has 2 N–H and O–H groups in total. The Hall–Kier alpha value is -0.0800. The second-order valence-electron chi connectivity index (χ2n) is 6.95. The van der Waals surface area contributed by atoms with Crippen molar-refractivity contribution in [3.63, 3.8) is 0 Å². The molecule has 2 nitrogen and oxygen atoms in total. The van der Waals surface area contributed by atoms with E-state index in [4.69, 9.17) is 5.73 Å². The van der Waals surface area contributed by atoms with Crippen molar-refractivity contribution in [3.8, 4) is 0 Å². The summed E-state index contributed by atoms with van der Waals surface area (Å²) >= 11 is 0. The third-order valence-electron chi connectivity index (χ3n) is 4.07. The minimum atomic E-state index is 0.299. The van der Waals surface area contributed by atoms with Gasteiger partial charge in [-0.3, -0.25) is 0 Å². The first kappa shape index (κ1) is 15.0. The Kier molecular flexibility index (Phi) is 5.94. The molecule has 0 aromatic heterocycles. The largest absolute Gasteiger partial charge is 0.330 e. The lowest BCUT2D eigenvalue weighted by Crippen LogP contribution is -2.39. The van der Waals surface area contributed by atoms with E-state index < -0.39 is 0 Å². The zero-order valence-corrected chi connectivity index (χ0v) is 12.3. The number of nitrogens with two attached hydrogens (primary N) is 1. The molecule has 0 saturated heterocycles. The molecule has 0 amide bonds. The van der Waals surface area contributed by atoms with Gasteiger partial charge in [0.2, 0.25) is 0 Å². The van der Waals surface area contributed by atoms with Gasteiger partial charge in [-0.15, -0.1) is 0 Å². The van der Waals surface area contributed by atoms with Crippen molar-refractivity contribution in [1.29, 1.82) is 0 Å². The van der Waals surface area contributed by atoms with Crippen LogP contribution in [0.1, 0.15) is 59.8 Å². The average molecular weight is 240 g/mol. The van der Waals surface area contributed by atoms with E-state index in [9.17, 15) is 0 Å². The lowest BCUT2D eigenvalue weighted by molar-refractivity contribution is 0.151. The lowest BCUT2D eigenvalue weighted by Gasteiger charge is -2.33. The summed E-state index contributed by atoms with van der Waals surface area (Å²) in [5, 5.41) is 0. The second kappa shape index (κ2) is 6.75. The van der Waals surface area contributed by atoms with Crippen LogP contribution in [0.4, 0.5) is 0 Å². The third-order valence-corrected chi connectivity index (χ3v) is 4.07. The summed E-state index contributed by atoms with van der Waals surface area (Å²) in [6, 6.07) is 0.853. The Morgan fingerprint density at radius 1 is 1.24 bits per heavy atom. The quantitative estimate of drug-likeness (QED) is 0.740. The van der Waals surface area contributed by atoms with Crippen molar-refractivity contribution < 1.29 is 0 Å². The molecule has 17 heavy (non-hydrogen) atoms. The Morgan fingerprint density at radius 2 is 1.82 bits per heavy atom. The van der Waals surface area contributed by atoms with E-state index in [1.54, 1.807) is 0 Å². The van der Waals surface area contributed by atoms with Gasteiger partial charge in [-0.25, -0.2) is 0 Å². The van der Waals surface area contributed by atoms with Gasteiger partial charge < -0.3 is 10.6 Å². The SMILES string of the molecule is CC(C)CN(CCC(C)(C)CN)C1CCCC1. The van der Waals surface area contributed by atoms with E-state index in [1.807, 2.05) is 0 Å². The Morgan fingerprint density at radius 3 is 2.29 bits per heavy atom. The molecule has 2 heteroatoms. The van der Waals surface area contributed by atoms with Crippen LogP contribution in [0.3, 0.4) is 0 Å². The number of hydrogen-bond donors (Lipinski definition) is 1. The Bertz CT molecular complexity index is 205. The molecule has 0 heterocycles. The summed E-state index contributed by atoms with van der Waals surface area (Å²) in [6.07, 6.45) is 6.91. The molecule has 1 fully saturated rings. The lowest BCUT2D eigenvalue weighted by atomic mass is 9.89. The van der Waals surface area contributed by atoms with Crippen molar-refractivity contribution in [2.24, 2.45) is 17.1 Å². The maximum Gasteiger partial charge on any atom is 0.00953 e. The summed E-state index contributed by atoms with van der Waals surface area (Å²) in [4.78, 5) is 2.73. The van der Waals surface area contributed by atoms with Gasteiger partial charge in [-0.2, -0.15) is 0 Å². The van der Waals surface area contributed by atoms with Crippen LogP contribution in [0.5, 0.6) is 0 Å². The van der Waals surface area contributed by atoms with Crippen molar-refractivity contribution in [2.45, 2.75) is 65.8 Å². The van der Waals surface area contributed by atoms with E-state index >= 15 is 0 Å². The van der Waals surface area contributed by atoms with E-state index in [1.165, 1.54) is 45.2 Å². The first-order chi connectivity index (χ1) is 7.94. The standard InChI is InChI=1S/C15H32N2/c1-13(2)11-17(14-7-5-6-8-14)10-9-15(3,4)12-16/h13-14H,5-12,16H2,1-4H3. The van der Waals surface area contributed by atoms with Crippen molar-refractivity contribution >= 4 is 0 Å². The van der Waals surface area contributed by atoms with Gasteiger partial charge in [0, 0.05) is 12.6 Å². The molecule has 102 valence electrons. The summed E-state index contributed by atoms with van der Waals surface area (Å²) in [6.45, 7) is 12.5. The third kappa shape index (κ3) is 5.39. The van der Waals surface area contributed by atoms with E-state index in [2.05, 4.69) is 32.6 Å². The fraction of sp³-hybridized carbons (Fsp3) is 1.00. The van der Waals surface area contributed by atoms with Gasteiger partial charge in [-0.05, 0) is 43.7 Å². The van der Waals surface area contributed by atoms with Crippen LogP contribution in [0.25, 0.3) is 0 Å². The molecule has 0 spiro atoms. The average Bonchev–Trinajstić information content (AvgIpc) is 2.77. The number of hydrogen-bond acceptors (Lipinski definition) is 2. The van der Waals surface area contributed by atoms with Gasteiger partial charge in [-0.1, -0.05) is 40.5 Å².